The van der Waals surface area contributed by atoms with Crippen LogP contribution in [0, 0.1) is 0 Å². The number of piperazine rings is 1. The molecule has 2 aliphatic heterocycles. The molecule has 0 radical (unpaired) electrons. The SMILES string of the molecule is CC(=O)SC1CC(=O)N(CCCN2CCN(C)CC2)C1. The fraction of sp³-hybridized carbons (Fsp3) is 0.857. The van der Waals surface area contributed by atoms with E-state index >= 15 is 0 Å². The van der Waals surface area contributed by atoms with Crippen molar-refractivity contribution < 1.29 is 9.59 Å². The lowest BCUT2D eigenvalue weighted by Gasteiger charge is -2.32. The second kappa shape index (κ2) is 7.43. The van der Waals surface area contributed by atoms with Gasteiger partial charge in [-0.3, -0.25) is 9.59 Å². The first kappa shape index (κ1) is 15.8. The smallest absolute Gasteiger partial charge is 0.223 e. The standard InChI is InChI=1S/C14H25N3O2S/c1-12(18)20-13-10-14(19)17(11-13)5-3-4-16-8-6-15(2)7-9-16/h13H,3-11H2,1-2H3. The van der Waals surface area contributed by atoms with Gasteiger partial charge in [0.25, 0.3) is 0 Å². The Labute approximate surface area is 125 Å². The molecule has 0 N–H and O–H groups in total. The van der Waals surface area contributed by atoms with Crippen molar-refractivity contribution >= 4 is 22.8 Å². The number of hydrogen-bond donors (Lipinski definition) is 0. The molecule has 0 saturated carbocycles. The predicted molar refractivity (Wildman–Crippen MR) is 81.8 cm³/mol. The van der Waals surface area contributed by atoms with Crippen LogP contribution >= 0.6 is 11.8 Å². The topological polar surface area (TPSA) is 43.9 Å². The molecule has 1 amide bonds. The number of likely N-dealkylation sites (tertiary alicyclic amines) is 1. The number of amides is 1. The van der Waals surface area contributed by atoms with Gasteiger partial charge in [-0.2, -0.15) is 0 Å². The van der Waals surface area contributed by atoms with Crippen LogP contribution in [0.25, 0.3) is 0 Å². The van der Waals surface area contributed by atoms with Crippen LogP contribution in [-0.2, 0) is 9.59 Å². The molecule has 0 aromatic rings. The minimum absolute atomic E-state index is 0.113. The number of carbonyl (C=O) groups is 2. The summed E-state index contributed by atoms with van der Waals surface area (Å²) in [6, 6.07) is 0. The second-order valence-electron chi connectivity index (χ2n) is 5.77. The Morgan fingerprint density at radius 1 is 1.25 bits per heavy atom. The summed E-state index contributed by atoms with van der Waals surface area (Å²) in [6.45, 7) is 8.76. The van der Waals surface area contributed by atoms with Gasteiger partial charge in [0, 0.05) is 57.9 Å². The Balaban J connectivity index is 1.64. The van der Waals surface area contributed by atoms with E-state index in [4.69, 9.17) is 0 Å². The number of nitrogens with zero attached hydrogens (tertiary/aromatic N) is 3. The fourth-order valence-electron chi connectivity index (χ4n) is 2.82. The van der Waals surface area contributed by atoms with Crippen LogP contribution in [0.3, 0.4) is 0 Å². The van der Waals surface area contributed by atoms with Gasteiger partial charge in [0.15, 0.2) is 5.12 Å². The largest absolute Gasteiger partial charge is 0.341 e. The van der Waals surface area contributed by atoms with Crippen LogP contribution in [0.2, 0.25) is 0 Å². The van der Waals surface area contributed by atoms with Crippen molar-refractivity contribution in [3.8, 4) is 0 Å². The highest BCUT2D eigenvalue weighted by molar-refractivity contribution is 8.14. The Morgan fingerprint density at radius 3 is 2.60 bits per heavy atom. The lowest BCUT2D eigenvalue weighted by atomic mass is 10.3. The molecule has 114 valence electrons. The molecule has 2 aliphatic rings. The fourth-order valence-corrected chi connectivity index (χ4v) is 3.77. The Hall–Kier alpha value is -0.590. The molecule has 2 heterocycles. The third-order valence-electron chi connectivity index (χ3n) is 4.01. The normalized spacial score (nSPS) is 25.4. The van der Waals surface area contributed by atoms with E-state index in [1.54, 1.807) is 6.92 Å². The summed E-state index contributed by atoms with van der Waals surface area (Å²) in [4.78, 5) is 29.7. The van der Waals surface area contributed by atoms with Crippen molar-refractivity contribution in [3.63, 3.8) is 0 Å². The Morgan fingerprint density at radius 2 is 1.95 bits per heavy atom. The Bertz CT molecular complexity index is 356. The summed E-state index contributed by atoms with van der Waals surface area (Å²) in [7, 11) is 2.16. The van der Waals surface area contributed by atoms with Gasteiger partial charge in [-0.25, -0.2) is 0 Å². The van der Waals surface area contributed by atoms with Crippen LogP contribution in [0.1, 0.15) is 19.8 Å². The lowest BCUT2D eigenvalue weighted by molar-refractivity contribution is -0.127. The molecule has 6 heteroatoms. The molecule has 2 fully saturated rings. The molecular formula is C14H25N3O2S. The molecule has 5 nitrogen and oxygen atoms in total. The molecule has 0 bridgehead atoms. The van der Waals surface area contributed by atoms with Crippen molar-refractivity contribution in [1.29, 1.82) is 0 Å². The van der Waals surface area contributed by atoms with E-state index in [0.29, 0.717) is 6.42 Å². The zero-order chi connectivity index (χ0) is 14.5. The van der Waals surface area contributed by atoms with Gasteiger partial charge in [-0.05, 0) is 20.0 Å². The van der Waals surface area contributed by atoms with Gasteiger partial charge in [0.1, 0.15) is 0 Å². The van der Waals surface area contributed by atoms with E-state index in [2.05, 4.69) is 16.8 Å². The van der Waals surface area contributed by atoms with E-state index in [1.165, 1.54) is 11.8 Å². The van der Waals surface area contributed by atoms with E-state index < -0.39 is 0 Å². The van der Waals surface area contributed by atoms with Crippen molar-refractivity contribution in [3.05, 3.63) is 0 Å². The highest BCUT2D eigenvalue weighted by atomic mass is 32.2. The van der Waals surface area contributed by atoms with Gasteiger partial charge in [-0.1, -0.05) is 11.8 Å². The maximum atomic E-state index is 11.9. The van der Waals surface area contributed by atoms with Crippen LogP contribution in [0.5, 0.6) is 0 Å². The first-order valence-corrected chi connectivity index (χ1v) is 8.28. The quantitative estimate of drug-likeness (QED) is 0.740. The molecule has 2 rings (SSSR count). The summed E-state index contributed by atoms with van der Waals surface area (Å²) in [5.74, 6) is 0.210. The molecule has 2 saturated heterocycles. The van der Waals surface area contributed by atoms with E-state index in [9.17, 15) is 9.59 Å². The minimum atomic E-state index is 0.113. The molecular weight excluding hydrogens is 274 g/mol. The zero-order valence-corrected chi connectivity index (χ0v) is 13.3. The van der Waals surface area contributed by atoms with Crippen molar-refractivity contribution in [2.75, 3.05) is 52.9 Å². The van der Waals surface area contributed by atoms with Gasteiger partial charge in [-0.15, -0.1) is 0 Å². The minimum Gasteiger partial charge on any atom is -0.341 e. The van der Waals surface area contributed by atoms with Gasteiger partial charge in [0.2, 0.25) is 5.91 Å². The maximum Gasteiger partial charge on any atom is 0.223 e. The number of carbonyl (C=O) groups excluding carboxylic acids is 2. The molecule has 0 aliphatic carbocycles. The van der Waals surface area contributed by atoms with Crippen LogP contribution in [-0.4, -0.2) is 83.8 Å². The first-order valence-electron chi connectivity index (χ1n) is 7.40. The summed E-state index contributed by atoms with van der Waals surface area (Å²) in [5, 5.41) is 0.283. The molecule has 0 spiro atoms. The third-order valence-corrected chi connectivity index (χ3v) is 4.99. The van der Waals surface area contributed by atoms with Crippen molar-refractivity contribution in [1.82, 2.24) is 14.7 Å². The first-order chi connectivity index (χ1) is 9.54. The predicted octanol–water partition coefficient (Wildman–Crippen LogP) is 0.505. The van der Waals surface area contributed by atoms with Gasteiger partial charge in [0.05, 0.1) is 0 Å². The molecule has 0 aromatic carbocycles. The molecule has 0 aromatic heterocycles. The lowest BCUT2D eigenvalue weighted by Crippen LogP contribution is -2.45. The van der Waals surface area contributed by atoms with E-state index in [-0.39, 0.29) is 16.3 Å². The van der Waals surface area contributed by atoms with Crippen molar-refractivity contribution in [2.45, 2.75) is 25.0 Å². The van der Waals surface area contributed by atoms with Crippen LogP contribution in [0.15, 0.2) is 0 Å². The molecule has 1 atom stereocenters. The highest BCUT2D eigenvalue weighted by Gasteiger charge is 2.30. The van der Waals surface area contributed by atoms with Crippen molar-refractivity contribution in [2.24, 2.45) is 0 Å². The number of thioether (sulfide) groups is 1. The number of hydrogen-bond acceptors (Lipinski definition) is 5. The summed E-state index contributed by atoms with van der Waals surface area (Å²) in [5.41, 5.74) is 0. The summed E-state index contributed by atoms with van der Waals surface area (Å²) in [6.07, 6.45) is 1.56. The van der Waals surface area contributed by atoms with Gasteiger partial charge < -0.3 is 14.7 Å². The van der Waals surface area contributed by atoms with Crippen LogP contribution < -0.4 is 0 Å². The van der Waals surface area contributed by atoms with Gasteiger partial charge >= 0.3 is 0 Å². The number of rotatable bonds is 5. The Kier molecular flexibility index (Phi) is 5.86. The van der Waals surface area contributed by atoms with E-state index in [0.717, 1.165) is 52.2 Å². The molecule has 20 heavy (non-hydrogen) atoms. The third kappa shape index (κ3) is 4.75. The highest BCUT2D eigenvalue weighted by Crippen LogP contribution is 2.24. The second-order valence-corrected chi connectivity index (χ2v) is 7.25. The monoisotopic (exact) mass is 299 g/mol. The molecule has 1 unspecified atom stereocenters. The average Bonchev–Trinajstić information content (AvgIpc) is 2.71. The average molecular weight is 299 g/mol. The maximum absolute atomic E-state index is 11.9. The summed E-state index contributed by atoms with van der Waals surface area (Å²) >= 11 is 1.31. The zero-order valence-electron chi connectivity index (χ0n) is 12.5. The summed E-state index contributed by atoms with van der Waals surface area (Å²) < 4.78 is 0. The number of likely N-dealkylation sites (N-methyl/N-ethyl adjacent to an activating group) is 1. The van der Waals surface area contributed by atoms with E-state index in [1.807, 2.05) is 4.90 Å². The van der Waals surface area contributed by atoms with Crippen LogP contribution in [0.4, 0.5) is 0 Å².